The summed E-state index contributed by atoms with van der Waals surface area (Å²) in [5, 5.41) is 28.3. The Labute approximate surface area is 189 Å². The van der Waals surface area contributed by atoms with Gasteiger partial charge in [-0.15, -0.1) is 0 Å². The lowest BCUT2D eigenvalue weighted by atomic mass is 10.2. The predicted molar refractivity (Wildman–Crippen MR) is 116 cm³/mol. The second-order valence-corrected chi connectivity index (χ2v) is 7.03. The van der Waals surface area contributed by atoms with E-state index in [1.54, 1.807) is 0 Å². The molecule has 0 saturated carbocycles. The molecular weight excluding hydrogens is 452 g/mol. The molecule has 0 radical (unpaired) electrons. The van der Waals surface area contributed by atoms with Crippen LogP contribution in [0.2, 0.25) is 0 Å². The molecule has 2 aromatic heterocycles. The Hall–Kier alpha value is -4.64. The largest absolute Gasteiger partial charge is 0.492 e. The molecule has 174 valence electrons. The zero-order chi connectivity index (χ0) is 24.4. The van der Waals surface area contributed by atoms with E-state index in [0.29, 0.717) is 0 Å². The molecule has 4 rings (SSSR count). The fourth-order valence-electron chi connectivity index (χ4n) is 3.26. The maximum Gasteiger partial charge on any atom is 0.371 e. The van der Waals surface area contributed by atoms with Crippen LogP contribution in [0.25, 0.3) is 21.9 Å². The molecule has 3 N–H and O–H groups in total. The Balaban J connectivity index is 1.49. The van der Waals surface area contributed by atoms with Gasteiger partial charge in [0.1, 0.15) is 33.4 Å². The van der Waals surface area contributed by atoms with E-state index >= 15 is 0 Å². The molecule has 0 amide bonds. The van der Waals surface area contributed by atoms with Gasteiger partial charge >= 0.3 is 11.9 Å². The van der Waals surface area contributed by atoms with E-state index in [-0.39, 0.29) is 46.5 Å². The number of carboxylic acid groups (broad SMARTS) is 2. The third kappa shape index (κ3) is 4.45. The van der Waals surface area contributed by atoms with Crippen molar-refractivity contribution in [1.29, 1.82) is 0 Å². The number of ether oxygens (including phenoxy) is 2. The molecule has 0 saturated heterocycles. The maximum atomic E-state index is 12.3. The van der Waals surface area contributed by atoms with Crippen LogP contribution in [0.15, 0.2) is 67.0 Å². The van der Waals surface area contributed by atoms with Crippen LogP contribution < -0.4 is 20.3 Å². The number of benzene rings is 2. The number of aliphatic hydroxyl groups is 1. The van der Waals surface area contributed by atoms with E-state index in [0.717, 1.165) is 12.1 Å². The van der Waals surface area contributed by atoms with Crippen molar-refractivity contribution in [3.8, 4) is 11.5 Å². The lowest BCUT2D eigenvalue weighted by Crippen LogP contribution is -2.20. The molecule has 1 atom stereocenters. The van der Waals surface area contributed by atoms with Crippen LogP contribution in [0.3, 0.4) is 0 Å². The van der Waals surface area contributed by atoms with Gasteiger partial charge in [0.2, 0.25) is 17.8 Å². The second-order valence-electron chi connectivity index (χ2n) is 7.03. The first-order chi connectivity index (χ1) is 16.2. The smallest absolute Gasteiger partial charge is 0.371 e. The third-order valence-electron chi connectivity index (χ3n) is 4.74. The molecule has 0 aliphatic carbocycles. The van der Waals surface area contributed by atoms with Gasteiger partial charge in [-0.05, 0) is 24.3 Å². The van der Waals surface area contributed by atoms with Gasteiger partial charge in [-0.25, -0.2) is 9.59 Å². The van der Waals surface area contributed by atoms with Gasteiger partial charge in [0.05, 0.1) is 6.61 Å². The fourth-order valence-corrected chi connectivity index (χ4v) is 3.26. The quantitative estimate of drug-likeness (QED) is 0.324. The van der Waals surface area contributed by atoms with Crippen molar-refractivity contribution in [3.05, 3.63) is 80.5 Å². The summed E-state index contributed by atoms with van der Waals surface area (Å²) in [6, 6.07) is 10.4. The van der Waals surface area contributed by atoms with Gasteiger partial charge in [-0.2, -0.15) is 0 Å². The number of hydrogen-bond acceptors (Lipinski definition) is 9. The van der Waals surface area contributed by atoms with Gasteiger partial charge in [0, 0.05) is 18.6 Å². The van der Waals surface area contributed by atoms with Crippen molar-refractivity contribution >= 4 is 33.9 Å². The molecule has 0 aliphatic rings. The summed E-state index contributed by atoms with van der Waals surface area (Å²) in [6.45, 7) is -0.108. The van der Waals surface area contributed by atoms with Crippen molar-refractivity contribution < 1.29 is 43.2 Å². The van der Waals surface area contributed by atoms with Crippen molar-refractivity contribution in [1.82, 2.24) is 0 Å². The Morgan fingerprint density at radius 2 is 1.32 bits per heavy atom. The number of aliphatic hydroxyl groups excluding tert-OH is 1. The second kappa shape index (κ2) is 9.08. The van der Waals surface area contributed by atoms with E-state index in [1.807, 2.05) is 0 Å². The molecule has 2 aromatic carbocycles. The highest BCUT2D eigenvalue weighted by Gasteiger charge is 2.17. The van der Waals surface area contributed by atoms with E-state index in [4.69, 9.17) is 28.5 Å². The molecule has 0 spiro atoms. The van der Waals surface area contributed by atoms with Crippen LogP contribution in [0, 0.1) is 0 Å². The molecule has 4 aromatic rings. The first-order valence-electron chi connectivity index (χ1n) is 9.82. The number of carbonyl (C=O) groups is 2. The number of fused-ring (bicyclic) bond motifs is 2. The Kier molecular flexibility index (Phi) is 6.02. The first-order valence-corrected chi connectivity index (χ1v) is 9.82. The highest BCUT2D eigenvalue weighted by atomic mass is 16.6. The summed E-state index contributed by atoms with van der Waals surface area (Å²) < 4.78 is 21.4. The first kappa shape index (κ1) is 22.6. The van der Waals surface area contributed by atoms with Gasteiger partial charge in [0.25, 0.3) is 0 Å². The average Bonchev–Trinajstić information content (AvgIpc) is 2.78. The van der Waals surface area contributed by atoms with E-state index < -0.39 is 40.6 Å². The lowest BCUT2D eigenvalue weighted by Gasteiger charge is -2.15. The van der Waals surface area contributed by atoms with Crippen LogP contribution in [-0.2, 0) is 0 Å². The van der Waals surface area contributed by atoms with Gasteiger partial charge < -0.3 is 33.6 Å². The monoisotopic (exact) mass is 468 g/mol. The van der Waals surface area contributed by atoms with Gasteiger partial charge in [-0.1, -0.05) is 12.1 Å². The highest BCUT2D eigenvalue weighted by Crippen LogP contribution is 2.26. The summed E-state index contributed by atoms with van der Waals surface area (Å²) in [5.41, 5.74) is -1.24. The zero-order valence-electron chi connectivity index (χ0n) is 17.2. The van der Waals surface area contributed by atoms with Crippen molar-refractivity contribution in [2.75, 3.05) is 6.61 Å². The minimum atomic E-state index is -1.42. The average molecular weight is 468 g/mol. The lowest BCUT2D eigenvalue weighted by molar-refractivity contribution is -0.0296. The molecular formula is C23H16O11. The Bertz CT molecular complexity index is 1530. The van der Waals surface area contributed by atoms with Crippen molar-refractivity contribution in [2.45, 2.75) is 12.7 Å². The molecule has 11 heteroatoms. The molecule has 0 aliphatic heterocycles. The standard InChI is InChI=1S/C23H16O11/c24-11-9-17(22(27)28)32-14-4-1-3-13(20(11)14)31-8-7-19(26)34-16-6-2-5-15-21(16)12(25)10-18(33-15)23(29)30/h1-6,9-10,19,26H,7-8H2,(H,27,28)(H,29,30). The van der Waals surface area contributed by atoms with Crippen LogP contribution >= 0.6 is 0 Å². The summed E-state index contributed by atoms with van der Waals surface area (Å²) in [6.07, 6.45) is -1.50. The van der Waals surface area contributed by atoms with Gasteiger partial charge in [0.15, 0.2) is 10.9 Å². The molecule has 1 unspecified atom stereocenters. The minimum Gasteiger partial charge on any atom is -0.492 e. The molecule has 11 nitrogen and oxygen atoms in total. The summed E-state index contributed by atoms with van der Waals surface area (Å²) in [7, 11) is 0. The normalized spacial score (nSPS) is 11.9. The SMILES string of the molecule is O=C(O)c1cc(=O)c2c(OCCC(O)Oc3cccc4oc(C(=O)O)cc(=O)c34)cccc2o1. The minimum absolute atomic E-state index is 0.0114. The zero-order valence-corrected chi connectivity index (χ0v) is 17.2. The molecule has 34 heavy (non-hydrogen) atoms. The Morgan fingerprint density at radius 1 is 0.824 bits per heavy atom. The van der Waals surface area contributed by atoms with E-state index in [1.165, 1.54) is 36.4 Å². The molecule has 0 bridgehead atoms. The third-order valence-corrected chi connectivity index (χ3v) is 4.74. The topological polar surface area (TPSA) is 174 Å². The van der Waals surface area contributed by atoms with Crippen molar-refractivity contribution in [3.63, 3.8) is 0 Å². The highest BCUT2D eigenvalue weighted by molar-refractivity contribution is 5.90. The van der Waals surface area contributed by atoms with Crippen LogP contribution in [0.5, 0.6) is 11.5 Å². The summed E-state index contributed by atoms with van der Waals surface area (Å²) in [4.78, 5) is 46.8. The summed E-state index contributed by atoms with van der Waals surface area (Å²) >= 11 is 0. The van der Waals surface area contributed by atoms with Crippen LogP contribution in [0.4, 0.5) is 0 Å². The summed E-state index contributed by atoms with van der Waals surface area (Å²) in [5.74, 6) is -3.70. The maximum absolute atomic E-state index is 12.3. The Morgan fingerprint density at radius 3 is 1.85 bits per heavy atom. The predicted octanol–water partition coefficient (Wildman–Crippen LogP) is 2.46. The van der Waals surface area contributed by atoms with Gasteiger partial charge in [-0.3, -0.25) is 9.59 Å². The number of carboxylic acids is 2. The number of aromatic carboxylic acids is 2. The fraction of sp³-hybridized carbons (Fsp3) is 0.130. The van der Waals surface area contributed by atoms with Crippen molar-refractivity contribution in [2.24, 2.45) is 0 Å². The number of hydrogen-bond donors (Lipinski definition) is 3. The van der Waals surface area contributed by atoms with Crippen LogP contribution in [-0.4, -0.2) is 40.2 Å². The van der Waals surface area contributed by atoms with Crippen LogP contribution in [0.1, 0.15) is 27.5 Å². The van der Waals surface area contributed by atoms with E-state index in [9.17, 15) is 24.3 Å². The number of rotatable bonds is 8. The molecule has 2 heterocycles. The molecule has 0 fully saturated rings. The van der Waals surface area contributed by atoms with E-state index in [2.05, 4.69) is 0 Å².